The van der Waals surface area contributed by atoms with Crippen molar-refractivity contribution in [3.63, 3.8) is 0 Å². The summed E-state index contributed by atoms with van der Waals surface area (Å²) in [5.74, 6) is -1.09. The highest BCUT2D eigenvalue weighted by atomic mass is 16.2. The fourth-order valence-corrected chi connectivity index (χ4v) is 2.15. The summed E-state index contributed by atoms with van der Waals surface area (Å²) < 4.78 is 0. The summed E-state index contributed by atoms with van der Waals surface area (Å²) in [6.07, 6.45) is 0.760. The lowest BCUT2D eigenvalue weighted by Crippen LogP contribution is -2.26. The van der Waals surface area contributed by atoms with Crippen LogP contribution in [0, 0.1) is 11.8 Å². The highest BCUT2D eigenvalue weighted by Crippen LogP contribution is 2.19. The molecule has 2 rings (SSSR count). The molecule has 6 heteroatoms. The predicted octanol–water partition coefficient (Wildman–Crippen LogP) is 0.425. The van der Waals surface area contributed by atoms with Crippen molar-refractivity contribution < 1.29 is 14.4 Å². The Hall–Kier alpha value is -2.21. The first-order valence-corrected chi connectivity index (χ1v) is 6.93. The number of nitrogens with two attached hydrogens (primary N) is 1. The Balaban J connectivity index is 1.94. The van der Waals surface area contributed by atoms with E-state index in [2.05, 4.69) is 10.6 Å². The third-order valence-corrected chi connectivity index (χ3v) is 3.57. The lowest BCUT2D eigenvalue weighted by molar-refractivity contribution is -0.125. The van der Waals surface area contributed by atoms with Crippen LogP contribution in [0.5, 0.6) is 0 Å². The zero-order chi connectivity index (χ0) is 15.4. The molecule has 1 aromatic carbocycles. The number of anilines is 1. The van der Waals surface area contributed by atoms with Crippen molar-refractivity contribution in [3.8, 4) is 0 Å². The second-order valence-corrected chi connectivity index (χ2v) is 5.34. The average Bonchev–Trinajstić information content (AvgIpc) is 2.78. The second kappa shape index (κ2) is 6.49. The van der Waals surface area contributed by atoms with Crippen molar-refractivity contribution in [2.45, 2.75) is 19.8 Å². The van der Waals surface area contributed by atoms with Crippen LogP contribution in [0.25, 0.3) is 0 Å². The molecule has 1 aromatic rings. The van der Waals surface area contributed by atoms with Crippen LogP contribution >= 0.6 is 0 Å². The molecule has 2 unspecified atom stereocenters. The lowest BCUT2D eigenvalue weighted by Gasteiger charge is -2.11. The average molecular weight is 289 g/mol. The Morgan fingerprint density at radius 2 is 2.05 bits per heavy atom. The molecular weight excluding hydrogens is 270 g/mol. The number of hydrogen-bond donors (Lipinski definition) is 3. The minimum Gasteiger partial charge on any atom is -0.330 e. The van der Waals surface area contributed by atoms with Crippen LogP contribution in [0.3, 0.4) is 0 Å². The van der Waals surface area contributed by atoms with Crippen LogP contribution in [0.1, 0.15) is 18.9 Å². The molecule has 1 heterocycles. The van der Waals surface area contributed by atoms with Crippen LogP contribution in [0.15, 0.2) is 24.3 Å². The van der Waals surface area contributed by atoms with Crippen molar-refractivity contribution >= 4 is 23.4 Å². The fourth-order valence-electron chi connectivity index (χ4n) is 2.15. The standard InChI is InChI=1S/C15H19N3O3/c1-9(8-16)14(20)17-12-4-2-10(3-5-12)6-11-7-13(19)18-15(11)21/h2-5,9,11H,6-8,16H2,1H3,(H,17,20)(H,18,19,21). The first-order valence-electron chi connectivity index (χ1n) is 6.93. The SMILES string of the molecule is CC(CN)C(=O)Nc1ccc(CC2CC(=O)NC2=O)cc1. The van der Waals surface area contributed by atoms with Crippen molar-refractivity contribution in [1.29, 1.82) is 0 Å². The van der Waals surface area contributed by atoms with Gasteiger partial charge in [-0.2, -0.15) is 0 Å². The number of imide groups is 1. The quantitative estimate of drug-likeness (QED) is 0.684. The molecule has 0 spiro atoms. The van der Waals surface area contributed by atoms with Crippen LogP contribution in [0.2, 0.25) is 0 Å². The molecular formula is C15H19N3O3. The van der Waals surface area contributed by atoms with Gasteiger partial charge in [0.05, 0.1) is 5.92 Å². The number of rotatable bonds is 5. The van der Waals surface area contributed by atoms with Crippen LogP contribution < -0.4 is 16.4 Å². The maximum absolute atomic E-state index is 11.7. The number of carbonyl (C=O) groups excluding carboxylic acids is 3. The summed E-state index contributed by atoms with van der Waals surface area (Å²) in [5.41, 5.74) is 7.08. The smallest absolute Gasteiger partial charge is 0.230 e. The summed E-state index contributed by atoms with van der Waals surface area (Å²) in [5, 5.41) is 5.07. The summed E-state index contributed by atoms with van der Waals surface area (Å²) in [6, 6.07) is 7.26. The normalized spacial score (nSPS) is 19.2. The van der Waals surface area contributed by atoms with Crippen LogP contribution in [0.4, 0.5) is 5.69 Å². The molecule has 3 amide bonds. The molecule has 1 fully saturated rings. The van der Waals surface area contributed by atoms with Crippen molar-refractivity contribution in [1.82, 2.24) is 5.32 Å². The molecule has 4 N–H and O–H groups in total. The molecule has 0 aromatic heterocycles. The van der Waals surface area contributed by atoms with E-state index >= 15 is 0 Å². The minimum atomic E-state index is -0.296. The van der Waals surface area contributed by atoms with Crippen molar-refractivity contribution in [2.24, 2.45) is 17.6 Å². The van der Waals surface area contributed by atoms with E-state index in [-0.39, 0.29) is 36.0 Å². The van der Waals surface area contributed by atoms with E-state index < -0.39 is 0 Å². The summed E-state index contributed by atoms with van der Waals surface area (Å²) in [4.78, 5) is 34.3. The predicted molar refractivity (Wildman–Crippen MR) is 78.3 cm³/mol. The molecule has 2 atom stereocenters. The van der Waals surface area contributed by atoms with Gasteiger partial charge in [-0.1, -0.05) is 19.1 Å². The van der Waals surface area contributed by atoms with Gasteiger partial charge in [0.1, 0.15) is 0 Å². The molecule has 0 bridgehead atoms. The zero-order valence-corrected chi connectivity index (χ0v) is 11.9. The molecule has 0 saturated carbocycles. The van der Waals surface area contributed by atoms with Gasteiger partial charge in [0, 0.05) is 24.6 Å². The van der Waals surface area contributed by atoms with Crippen LogP contribution in [-0.4, -0.2) is 24.3 Å². The van der Waals surface area contributed by atoms with Crippen LogP contribution in [-0.2, 0) is 20.8 Å². The van der Waals surface area contributed by atoms with E-state index in [0.717, 1.165) is 5.56 Å². The van der Waals surface area contributed by atoms with E-state index in [1.54, 1.807) is 19.1 Å². The van der Waals surface area contributed by atoms with Gasteiger partial charge in [-0.15, -0.1) is 0 Å². The largest absolute Gasteiger partial charge is 0.330 e. The number of benzene rings is 1. The minimum absolute atomic E-state index is 0.119. The highest BCUT2D eigenvalue weighted by Gasteiger charge is 2.30. The first kappa shape index (κ1) is 15.2. The number of hydrogen-bond acceptors (Lipinski definition) is 4. The van der Waals surface area contributed by atoms with E-state index in [9.17, 15) is 14.4 Å². The Kier molecular flexibility index (Phi) is 4.70. The molecule has 6 nitrogen and oxygen atoms in total. The molecule has 21 heavy (non-hydrogen) atoms. The van der Waals surface area contributed by atoms with Gasteiger partial charge in [0.2, 0.25) is 17.7 Å². The highest BCUT2D eigenvalue weighted by molar-refractivity contribution is 6.03. The monoisotopic (exact) mass is 289 g/mol. The molecule has 1 aliphatic heterocycles. The Bertz CT molecular complexity index is 554. The van der Waals surface area contributed by atoms with E-state index in [0.29, 0.717) is 18.7 Å². The Morgan fingerprint density at radius 3 is 2.57 bits per heavy atom. The summed E-state index contributed by atoms with van der Waals surface area (Å²) >= 11 is 0. The zero-order valence-electron chi connectivity index (χ0n) is 11.9. The number of carbonyl (C=O) groups is 3. The molecule has 1 saturated heterocycles. The molecule has 0 aliphatic carbocycles. The van der Waals surface area contributed by atoms with E-state index in [4.69, 9.17) is 5.73 Å². The van der Waals surface area contributed by atoms with E-state index in [1.165, 1.54) is 0 Å². The lowest BCUT2D eigenvalue weighted by atomic mass is 9.98. The topological polar surface area (TPSA) is 101 Å². The van der Waals surface area contributed by atoms with Gasteiger partial charge in [0.25, 0.3) is 0 Å². The Morgan fingerprint density at radius 1 is 1.38 bits per heavy atom. The molecule has 0 radical (unpaired) electrons. The number of nitrogens with one attached hydrogen (secondary N) is 2. The first-order chi connectivity index (χ1) is 9.99. The molecule has 112 valence electrons. The summed E-state index contributed by atoms with van der Waals surface area (Å²) in [6.45, 7) is 2.06. The summed E-state index contributed by atoms with van der Waals surface area (Å²) in [7, 11) is 0. The molecule has 1 aliphatic rings. The fraction of sp³-hybridized carbons (Fsp3) is 0.400. The maximum atomic E-state index is 11.7. The van der Waals surface area contributed by atoms with Gasteiger partial charge in [-0.3, -0.25) is 19.7 Å². The maximum Gasteiger partial charge on any atom is 0.230 e. The van der Waals surface area contributed by atoms with Gasteiger partial charge < -0.3 is 11.1 Å². The number of amides is 3. The van der Waals surface area contributed by atoms with E-state index in [1.807, 2.05) is 12.1 Å². The van der Waals surface area contributed by atoms with Gasteiger partial charge in [-0.25, -0.2) is 0 Å². The van der Waals surface area contributed by atoms with Crippen molar-refractivity contribution in [3.05, 3.63) is 29.8 Å². The third-order valence-electron chi connectivity index (χ3n) is 3.57. The second-order valence-electron chi connectivity index (χ2n) is 5.34. The third kappa shape index (κ3) is 3.88. The Labute approximate surface area is 123 Å². The van der Waals surface area contributed by atoms with Gasteiger partial charge in [-0.05, 0) is 24.1 Å². The van der Waals surface area contributed by atoms with Crippen molar-refractivity contribution in [2.75, 3.05) is 11.9 Å². The van der Waals surface area contributed by atoms with Gasteiger partial charge in [0.15, 0.2) is 0 Å². The van der Waals surface area contributed by atoms with Gasteiger partial charge >= 0.3 is 0 Å².